The Labute approximate surface area is 109 Å². The molecule has 4 N–H and O–H groups in total. The molecule has 19 heavy (non-hydrogen) atoms. The van der Waals surface area contributed by atoms with Crippen molar-refractivity contribution in [2.45, 2.75) is 36.9 Å². The molecule has 6 heteroatoms. The topological polar surface area (TPSA) is 90.2 Å². The summed E-state index contributed by atoms with van der Waals surface area (Å²) in [5.41, 5.74) is 0.601. The maximum absolute atomic E-state index is 13.1. The number of ether oxygens (including phenoxy) is 1. The summed E-state index contributed by atoms with van der Waals surface area (Å²) in [7, 11) is 0. The number of hydrogen-bond donors (Lipinski definition) is 4. The number of aliphatic hydroxyl groups excluding tert-OH is 4. The van der Waals surface area contributed by atoms with Crippen LogP contribution < -0.4 is 0 Å². The Morgan fingerprint density at radius 1 is 1.05 bits per heavy atom. The van der Waals surface area contributed by atoms with Crippen molar-refractivity contribution < 1.29 is 29.6 Å². The molecule has 0 saturated carbocycles. The summed E-state index contributed by atoms with van der Waals surface area (Å²) in [4.78, 5) is 0. The van der Waals surface area contributed by atoms with E-state index in [0.29, 0.717) is 5.56 Å². The molecule has 2 rings (SSSR count). The fourth-order valence-electron chi connectivity index (χ4n) is 2.24. The van der Waals surface area contributed by atoms with Crippen molar-refractivity contribution in [3.63, 3.8) is 0 Å². The van der Waals surface area contributed by atoms with E-state index >= 15 is 0 Å². The van der Waals surface area contributed by atoms with E-state index in [1.165, 1.54) is 18.2 Å². The molecule has 1 unspecified atom stereocenters. The molecule has 0 bridgehead atoms. The zero-order chi connectivity index (χ0) is 14.0. The van der Waals surface area contributed by atoms with Gasteiger partial charge < -0.3 is 25.2 Å². The maximum Gasteiger partial charge on any atom is 0.123 e. The summed E-state index contributed by atoms with van der Waals surface area (Å²) in [5, 5.41) is 38.2. The van der Waals surface area contributed by atoms with Crippen molar-refractivity contribution in [2.24, 2.45) is 0 Å². The van der Waals surface area contributed by atoms with Gasteiger partial charge in [-0.25, -0.2) is 4.39 Å². The van der Waals surface area contributed by atoms with Crippen molar-refractivity contribution in [3.05, 3.63) is 35.6 Å². The van der Waals surface area contributed by atoms with Crippen molar-refractivity contribution >= 4 is 0 Å². The molecule has 0 aliphatic carbocycles. The van der Waals surface area contributed by atoms with Crippen molar-refractivity contribution in [2.75, 3.05) is 6.61 Å². The van der Waals surface area contributed by atoms with Crippen LogP contribution in [0.1, 0.15) is 5.56 Å². The first-order valence-corrected chi connectivity index (χ1v) is 6.08. The van der Waals surface area contributed by atoms with Gasteiger partial charge in [0.25, 0.3) is 0 Å². The van der Waals surface area contributed by atoms with E-state index in [2.05, 4.69) is 0 Å². The molecule has 1 fully saturated rings. The van der Waals surface area contributed by atoms with E-state index in [1.54, 1.807) is 6.07 Å². The van der Waals surface area contributed by atoms with Crippen LogP contribution in [0.4, 0.5) is 4.39 Å². The average Bonchev–Trinajstić information content (AvgIpc) is 2.39. The highest BCUT2D eigenvalue weighted by Gasteiger charge is 2.43. The van der Waals surface area contributed by atoms with Gasteiger partial charge in [-0.15, -0.1) is 0 Å². The van der Waals surface area contributed by atoms with E-state index in [0.717, 1.165) is 0 Å². The highest BCUT2D eigenvalue weighted by atomic mass is 19.1. The molecular formula is C13H17FO5. The zero-order valence-corrected chi connectivity index (χ0v) is 10.2. The SMILES string of the molecule is OC[C@H]1OC(Cc2cccc(F)c2)[C@H](O)[C@@H](O)[C@@H]1O. The Morgan fingerprint density at radius 3 is 2.37 bits per heavy atom. The quantitative estimate of drug-likeness (QED) is 0.579. The van der Waals surface area contributed by atoms with E-state index in [-0.39, 0.29) is 6.42 Å². The number of benzene rings is 1. The summed E-state index contributed by atoms with van der Waals surface area (Å²) in [6.45, 7) is -0.468. The van der Waals surface area contributed by atoms with E-state index in [1.807, 2.05) is 0 Å². The number of hydrogen-bond acceptors (Lipinski definition) is 5. The molecule has 1 aliphatic heterocycles. The molecule has 106 valence electrons. The molecule has 5 nitrogen and oxygen atoms in total. The first-order valence-electron chi connectivity index (χ1n) is 6.08. The Bertz CT molecular complexity index is 425. The minimum atomic E-state index is -1.40. The molecule has 0 amide bonds. The third-order valence-electron chi connectivity index (χ3n) is 3.32. The van der Waals surface area contributed by atoms with Gasteiger partial charge in [-0.3, -0.25) is 0 Å². The molecule has 1 aliphatic rings. The average molecular weight is 272 g/mol. The third kappa shape index (κ3) is 3.10. The predicted molar refractivity (Wildman–Crippen MR) is 63.9 cm³/mol. The van der Waals surface area contributed by atoms with Gasteiger partial charge >= 0.3 is 0 Å². The largest absolute Gasteiger partial charge is 0.394 e. The fourth-order valence-corrected chi connectivity index (χ4v) is 2.24. The van der Waals surface area contributed by atoms with Crippen LogP contribution in [0.15, 0.2) is 24.3 Å². The van der Waals surface area contributed by atoms with Gasteiger partial charge in [-0.1, -0.05) is 12.1 Å². The van der Waals surface area contributed by atoms with Crippen LogP contribution in [0.5, 0.6) is 0 Å². The van der Waals surface area contributed by atoms with Crippen LogP contribution in [-0.2, 0) is 11.2 Å². The fraction of sp³-hybridized carbons (Fsp3) is 0.538. The zero-order valence-electron chi connectivity index (χ0n) is 10.2. The Hall–Kier alpha value is -1.05. The van der Waals surface area contributed by atoms with Gasteiger partial charge in [-0.2, -0.15) is 0 Å². The summed E-state index contributed by atoms with van der Waals surface area (Å²) in [6, 6.07) is 5.82. The molecule has 0 radical (unpaired) electrons. The van der Waals surface area contributed by atoms with Crippen LogP contribution in [0, 0.1) is 5.82 Å². The van der Waals surface area contributed by atoms with Gasteiger partial charge in [0.15, 0.2) is 0 Å². The highest BCUT2D eigenvalue weighted by Crippen LogP contribution is 2.23. The summed E-state index contributed by atoms with van der Waals surface area (Å²) in [5.74, 6) is -0.401. The smallest absolute Gasteiger partial charge is 0.123 e. The van der Waals surface area contributed by atoms with E-state index in [4.69, 9.17) is 9.84 Å². The van der Waals surface area contributed by atoms with Crippen LogP contribution in [0.2, 0.25) is 0 Å². The first-order chi connectivity index (χ1) is 9.02. The highest BCUT2D eigenvalue weighted by molar-refractivity contribution is 5.18. The molecule has 1 saturated heterocycles. The third-order valence-corrected chi connectivity index (χ3v) is 3.32. The predicted octanol–water partition coefficient (Wildman–Crippen LogP) is -0.789. The Kier molecular flexibility index (Phi) is 4.49. The Morgan fingerprint density at radius 2 is 1.74 bits per heavy atom. The molecule has 1 aromatic rings. The molecule has 5 atom stereocenters. The van der Waals surface area contributed by atoms with Gasteiger partial charge in [0.2, 0.25) is 0 Å². The van der Waals surface area contributed by atoms with Crippen LogP contribution in [0.25, 0.3) is 0 Å². The van der Waals surface area contributed by atoms with Crippen LogP contribution in [0.3, 0.4) is 0 Å². The summed E-state index contributed by atoms with van der Waals surface area (Å²) < 4.78 is 18.4. The lowest BCUT2D eigenvalue weighted by Gasteiger charge is -2.40. The van der Waals surface area contributed by atoms with Crippen molar-refractivity contribution in [1.29, 1.82) is 0 Å². The lowest BCUT2D eigenvalue weighted by molar-refractivity contribution is -0.228. The van der Waals surface area contributed by atoms with Gasteiger partial charge in [-0.05, 0) is 17.7 Å². The van der Waals surface area contributed by atoms with Crippen molar-refractivity contribution in [1.82, 2.24) is 0 Å². The minimum Gasteiger partial charge on any atom is -0.394 e. The van der Waals surface area contributed by atoms with E-state index in [9.17, 15) is 19.7 Å². The lowest BCUT2D eigenvalue weighted by Crippen LogP contribution is -2.59. The maximum atomic E-state index is 13.1. The minimum absolute atomic E-state index is 0.180. The molecule has 1 heterocycles. The Balaban J connectivity index is 2.10. The second-order valence-electron chi connectivity index (χ2n) is 4.70. The summed E-state index contributed by atoms with van der Waals surface area (Å²) in [6.07, 6.45) is -5.62. The molecule has 0 aromatic heterocycles. The standard InChI is InChI=1S/C13H17FO5/c14-8-3-1-2-7(4-8)5-9-11(16)13(18)12(17)10(6-15)19-9/h1-4,9-13,15-18H,5-6H2/t9?,10-,11+,12-,13-/m1/s1. The van der Waals surface area contributed by atoms with E-state index < -0.39 is 42.9 Å². The molecular weight excluding hydrogens is 255 g/mol. The number of rotatable bonds is 3. The first kappa shape index (κ1) is 14.4. The van der Waals surface area contributed by atoms with Crippen molar-refractivity contribution in [3.8, 4) is 0 Å². The molecule has 0 spiro atoms. The number of aliphatic hydroxyl groups is 4. The number of halogens is 1. The molecule has 1 aromatic carbocycles. The second kappa shape index (κ2) is 5.94. The second-order valence-corrected chi connectivity index (χ2v) is 4.70. The van der Waals surface area contributed by atoms with Gasteiger partial charge in [0.1, 0.15) is 30.2 Å². The van der Waals surface area contributed by atoms with Gasteiger partial charge in [0.05, 0.1) is 12.7 Å². The van der Waals surface area contributed by atoms with Gasteiger partial charge in [0, 0.05) is 6.42 Å². The monoisotopic (exact) mass is 272 g/mol. The van der Waals surface area contributed by atoms with Crippen LogP contribution >= 0.6 is 0 Å². The summed E-state index contributed by atoms with van der Waals surface area (Å²) >= 11 is 0. The lowest BCUT2D eigenvalue weighted by atomic mass is 9.92. The normalized spacial score (nSPS) is 35.3. The van der Waals surface area contributed by atoms with Crippen LogP contribution in [-0.4, -0.2) is 57.6 Å².